The third-order valence-electron chi connectivity index (χ3n) is 6.44. The van der Waals surface area contributed by atoms with Gasteiger partial charge in [0.15, 0.2) is 0 Å². The van der Waals surface area contributed by atoms with Gasteiger partial charge in [-0.1, -0.05) is 38.5 Å². The van der Waals surface area contributed by atoms with Gasteiger partial charge < -0.3 is 10.2 Å². The summed E-state index contributed by atoms with van der Waals surface area (Å²) in [5.41, 5.74) is 0. The van der Waals surface area contributed by atoms with Crippen molar-refractivity contribution < 1.29 is 15.0 Å². The number of aryl methyl sites for hydroxylation is 1. The molecule has 5 heteroatoms. The predicted molar refractivity (Wildman–Crippen MR) is 107 cm³/mol. The fourth-order valence-corrected chi connectivity index (χ4v) is 6.36. The van der Waals surface area contributed by atoms with Gasteiger partial charge in [0, 0.05) is 10.3 Å². The van der Waals surface area contributed by atoms with Crippen LogP contribution in [-0.4, -0.2) is 27.7 Å². The number of carboxylic acids is 1. The molecule has 26 heavy (non-hydrogen) atoms. The predicted octanol–water partition coefficient (Wildman–Crippen LogP) is 5.73. The quantitative estimate of drug-likeness (QED) is 0.549. The largest absolute Gasteiger partial charge is 0.477 e. The monoisotopic (exact) mass is 398 g/mol. The lowest BCUT2D eigenvalue weighted by Gasteiger charge is -2.27. The molecular formula is C21H31ClO3S. The van der Waals surface area contributed by atoms with Gasteiger partial charge in [0.05, 0.1) is 6.10 Å². The lowest BCUT2D eigenvalue weighted by Crippen LogP contribution is -2.22. The van der Waals surface area contributed by atoms with Crippen molar-refractivity contribution in [2.45, 2.75) is 82.1 Å². The number of rotatable bonds is 8. The van der Waals surface area contributed by atoms with E-state index in [0.29, 0.717) is 16.7 Å². The smallest absolute Gasteiger partial charge is 0.345 e. The number of carbonyl (C=O) groups is 1. The van der Waals surface area contributed by atoms with E-state index in [0.717, 1.165) is 42.9 Å². The molecule has 0 bridgehead atoms. The van der Waals surface area contributed by atoms with E-state index in [9.17, 15) is 9.90 Å². The standard InChI is InChI=1S/C21H31ClO3S/c22-18-13-19(23)17(11-9-14-5-2-1-3-6-14)16(18)8-4-7-15-10-12-20(26-15)21(24)25/h10,12,14,16-19,23H,1-9,11,13H2,(H,24,25)/t16-,17-,18+,19-/m1/s1. The first kappa shape index (κ1) is 20.2. The maximum absolute atomic E-state index is 11.0. The lowest BCUT2D eigenvalue weighted by atomic mass is 9.80. The fourth-order valence-electron chi connectivity index (χ4n) is 4.98. The molecule has 0 radical (unpaired) electrons. The molecule has 2 N–H and O–H groups in total. The molecule has 0 unspecified atom stereocenters. The van der Waals surface area contributed by atoms with Crippen LogP contribution >= 0.6 is 22.9 Å². The molecular weight excluding hydrogens is 368 g/mol. The Labute approximate surface area is 165 Å². The highest BCUT2D eigenvalue weighted by atomic mass is 35.5. The summed E-state index contributed by atoms with van der Waals surface area (Å²) in [5.74, 6) is 0.752. The highest BCUT2D eigenvalue weighted by Crippen LogP contribution is 2.43. The molecule has 2 aliphatic carbocycles. The van der Waals surface area contributed by atoms with Gasteiger partial charge in [-0.05, 0) is 62.0 Å². The van der Waals surface area contributed by atoms with Crippen molar-refractivity contribution in [2.75, 3.05) is 0 Å². The highest BCUT2D eigenvalue weighted by molar-refractivity contribution is 7.13. The highest BCUT2D eigenvalue weighted by Gasteiger charge is 2.40. The molecule has 0 aromatic carbocycles. The molecule has 1 heterocycles. The lowest BCUT2D eigenvalue weighted by molar-refractivity contribution is 0.0702. The summed E-state index contributed by atoms with van der Waals surface area (Å²) in [4.78, 5) is 12.5. The number of aromatic carboxylic acids is 1. The van der Waals surface area contributed by atoms with Crippen molar-refractivity contribution in [2.24, 2.45) is 17.8 Å². The summed E-state index contributed by atoms with van der Waals surface area (Å²) in [6.07, 6.45) is 12.7. The van der Waals surface area contributed by atoms with Crippen LogP contribution in [0.5, 0.6) is 0 Å². The van der Waals surface area contributed by atoms with E-state index < -0.39 is 5.97 Å². The number of aliphatic hydroxyl groups is 1. The van der Waals surface area contributed by atoms with E-state index in [2.05, 4.69) is 0 Å². The third-order valence-corrected chi connectivity index (χ3v) is 8.08. The first-order valence-electron chi connectivity index (χ1n) is 10.2. The van der Waals surface area contributed by atoms with Crippen LogP contribution in [0.1, 0.15) is 78.8 Å². The maximum Gasteiger partial charge on any atom is 0.345 e. The molecule has 0 spiro atoms. The van der Waals surface area contributed by atoms with Crippen LogP contribution < -0.4 is 0 Å². The zero-order chi connectivity index (χ0) is 18.5. The molecule has 3 rings (SSSR count). The van der Waals surface area contributed by atoms with Gasteiger partial charge in [0.2, 0.25) is 0 Å². The van der Waals surface area contributed by atoms with Gasteiger partial charge >= 0.3 is 5.97 Å². The SMILES string of the molecule is O=C(O)c1ccc(CCC[C@@H]2[C@@H](CCC3CCCCC3)[C@H](O)C[C@@H]2Cl)s1. The Morgan fingerprint density at radius 1 is 1.12 bits per heavy atom. The summed E-state index contributed by atoms with van der Waals surface area (Å²) in [7, 11) is 0. The molecule has 0 saturated heterocycles. The van der Waals surface area contributed by atoms with Crippen molar-refractivity contribution in [1.82, 2.24) is 0 Å². The molecule has 0 aliphatic heterocycles. The van der Waals surface area contributed by atoms with Crippen molar-refractivity contribution in [3.05, 3.63) is 21.9 Å². The van der Waals surface area contributed by atoms with E-state index in [4.69, 9.17) is 16.7 Å². The topological polar surface area (TPSA) is 57.5 Å². The number of aliphatic hydroxyl groups excluding tert-OH is 1. The Kier molecular flexibility index (Phi) is 7.42. The van der Waals surface area contributed by atoms with Gasteiger partial charge in [-0.25, -0.2) is 4.79 Å². The minimum Gasteiger partial charge on any atom is -0.477 e. The number of carboxylic acid groups (broad SMARTS) is 1. The van der Waals surface area contributed by atoms with Crippen LogP contribution in [0.2, 0.25) is 0 Å². The Bertz CT molecular complexity index is 582. The molecule has 146 valence electrons. The van der Waals surface area contributed by atoms with Crippen LogP contribution in [0.15, 0.2) is 12.1 Å². The van der Waals surface area contributed by atoms with Crippen molar-refractivity contribution in [3.8, 4) is 0 Å². The van der Waals surface area contributed by atoms with E-state index in [1.54, 1.807) is 6.07 Å². The first-order chi connectivity index (χ1) is 12.5. The van der Waals surface area contributed by atoms with E-state index >= 15 is 0 Å². The molecule has 1 aromatic heterocycles. The summed E-state index contributed by atoms with van der Waals surface area (Å²) in [6, 6.07) is 3.62. The summed E-state index contributed by atoms with van der Waals surface area (Å²) in [6.45, 7) is 0. The second-order valence-corrected chi connectivity index (χ2v) is 9.92. The van der Waals surface area contributed by atoms with Crippen LogP contribution in [0, 0.1) is 17.8 Å². The Balaban J connectivity index is 1.48. The third kappa shape index (κ3) is 5.24. The molecule has 2 aliphatic rings. The van der Waals surface area contributed by atoms with Gasteiger partial charge in [-0.3, -0.25) is 0 Å². The second kappa shape index (κ2) is 9.57. The Morgan fingerprint density at radius 2 is 1.88 bits per heavy atom. The number of hydrogen-bond donors (Lipinski definition) is 2. The van der Waals surface area contributed by atoms with Crippen molar-refractivity contribution >= 4 is 28.9 Å². The Hall–Kier alpha value is -0.580. The van der Waals surface area contributed by atoms with E-state index in [1.807, 2.05) is 6.07 Å². The normalized spacial score (nSPS) is 29.9. The Morgan fingerprint density at radius 3 is 2.58 bits per heavy atom. The molecule has 2 fully saturated rings. The van der Waals surface area contributed by atoms with Crippen LogP contribution in [0.4, 0.5) is 0 Å². The number of halogens is 1. The number of hydrogen-bond acceptors (Lipinski definition) is 3. The molecule has 4 atom stereocenters. The molecule has 3 nitrogen and oxygen atoms in total. The van der Waals surface area contributed by atoms with Gasteiger partial charge in [-0.15, -0.1) is 22.9 Å². The second-order valence-electron chi connectivity index (χ2n) is 8.19. The van der Waals surface area contributed by atoms with Gasteiger partial charge in [0.25, 0.3) is 0 Å². The maximum atomic E-state index is 11.0. The minimum absolute atomic E-state index is 0.0827. The van der Waals surface area contributed by atoms with E-state index in [-0.39, 0.29) is 11.5 Å². The van der Waals surface area contributed by atoms with Crippen LogP contribution in [0.3, 0.4) is 0 Å². The minimum atomic E-state index is -0.844. The molecule has 1 aromatic rings. The summed E-state index contributed by atoms with van der Waals surface area (Å²) in [5, 5.41) is 19.6. The number of alkyl halides is 1. The van der Waals surface area contributed by atoms with Crippen LogP contribution in [0.25, 0.3) is 0 Å². The van der Waals surface area contributed by atoms with Gasteiger partial charge in [0.1, 0.15) is 4.88 Å². The van der Waals surface area contributed by atoms with Gasteiger partial charge in [-0.2, -0.15) is 0 Å². The summed E-state index contributed by atoms with van der Waals surface area (Å²) >= 11 is 7.95. The first-order valence-corrected chi connectivity index (χ1v) is 11.4. The van der Waals surface area contributed by atoms with E-state index in [1.165, 1.54) is 49.9 Å². The average molecular weight is 399 g/mol. The van der Waals surface area contributed by atoms with Crippen molar-refractivity contribution in [3.63, 3.8) is 0 Å². The molecule has 2 saturated carbocycles. The fraction of sp³-hybridized carbons (Fsp3) is 0.762. The summed E-state index contributed by atoms with van der Waals surface area (Å²) < 4.78 is 0. The zero-order valence-corrected chi connectivity index (χ0v) is 17.0. The average Bonchev–Trinajstić information content (AvgIpc) is 3.19. The molecule has 0 amide bonds. The zero-order valence-electron chi connectivity index (χ0n) is 15.4. The number of thiophene rings is 1. The van der Waals surface area contributed by atoms with Crippen molar-refractivity contribution in [1.29, 1.82) is 0 Å². The van der Waals surface area contributed by atoms with Crippen LogP contribution in [-0.2, 0) is 6.42 Å².